The molecule has 3 N–H and O–H groups in total. The zero-order chi connectivity index (χ0) is 15.4. The van der Waals surface area contributed by atoms with Gasteiger partial charge in [0.05, 0.1) is 0 Å². The normalized spacial score (nSPS) is 31.9. The van der Waals surface area contributed by atoms with Crippen LogP contribution in [0.1, 0.15) is 50.5 Å². The maximum atomic E-state index is 12.5. The van der Waals surface area contributed by atoms with Gasteiger partial charge in [-0.25, -0.2) is 0 Å². The average Bonchev–Trinajstić information content (AvgIpc) is 2.97. The van der Waals surface area contributed by atoms with Gasteiger partial charge in [0.25, 0.3) is 0 Å². The summed E-state index contributed by atoms with van der Waals surface area (Å²) < 4.78 is 0. The molecule has 0 aromatic heterocycles. The molecule has 2 fully saturated rings. The highest BCUT2D eigenvalue weighted by molar-refractivity contribution is 5.79. The Bertz CT molecular complexity index is 487. The number of nitrogens with one attached hydrogen (secondary N) is 1. The molecule has 3 heteroatoms. The molecule has 1 amide bonds. The van der Waals surface area contributed by atoms with Crippen molar-refractivity contribution < 1.29 is 4.79 Å². The van der Waals surface area contributed by atoms with Crippen LogP contribution in [0.15, 0.2) is 30.3 Å². The first-order valence-electron chi connectivity index (χ1n) is 8.82. The second-order valence-corrected chi connectivity index (χ2v) is 7.12. The lowest BCUT2D eigenvalue weighted by Crippen LogP contribution is -2.45. The van der Waals surface area contributed by atoms with Crippen LogP contribution in [0, 0.1) is 11.8 Å². The van der Waals surface area contributed by atoms with Crippen molar-refractivity contribution >= 4 is 5.91 Å². The molecule has 0 radical (unpaired) electrons. The van der Waals surface area contributed by atoms with Crippen molar-refractivity contribution in [3.63, 3.8) is 0 Å². The summed E-state index contributed by atoms with van der Waals surface area (Å²) in [4.78, 5) is 12.5. The van der Waals surface area contributed by atoms with Crippen molar-refractivity contribution in [3.8, 4) is 0 Å². The Labute approximate surface area is 133 Å². The average molecular weight is 300 g/mol. The fraction of sp³-hybridized carbons (Fsp3) is 0.632. The molecule has 120 valence electrons. The van der Waals surface area contributed by atoms with E-state index in [0.717, 1.165) is 32.1 Å². The number of hydrogen-bond donors (Lipinski definition) is 2. The molecule has 2 aliphatic carbocycles. The van der Waals surface area contributed by atoms with Gasteiger partial charge in [-0.1, -0.05) is 43.2 Å². The Kier molecular flexibility index (Phi) is 5.14. The van der Waals surface area contributed by atoms with E-state index in [1.165, 1.54) is 24.8 Å². The van der Waals surface area contributed by atoms with Crippen molar-refractivity contribution in [3.05, 3.63) is 35.9 Å². The maximum absolute atomic E-state index is 12.5. The second-order valence-electron chi connectivity index (χ2n) is 7.12. The molecule has 4 atom stereocenters. The van der Waals surface area contributed by atoms with E-state index >= 15 is 0 Å². The molecule has 0 heterocycles. The van der Waals surface area contributed by atoms with E-state index in [-0.39, 0.29) is 17.9 Å². The summed E-state index contributed by atoms with van der Waals surface area (Å²) in [7, 11) is 0. The fourth-order valence-electron chi connectivity index (χ4n) is 4.11. The first kappa shape index (κ1) is 15.5. The number of amides is 1. The van der Waals surface area contributed by atoms with Gasteiger partial charge in [0, 0.05) is 18.0 Å². The van der Waals surface area contributed by atoms with Crippen LogP contribution >= 0.6 is 0 Å². The van der Waals surface area contributed by atoms with Gasteiger partial charge in [-0.05, 0) is 50.0 Å². The van der Waals surface area contributed by atoms with Crippen LogP contribution in [0.3, 0.4) is 0 Å². The molecule has 1 aromatic carbocycles. The van der Waals surface area contributed by atoms with Crippen LogP contribution in [0.5, 0.6) is 0 Å². The molecule has 2 aliphatic rings. The molecule has 4 unspecified atom stereocenters. The summed E-state index contributed by atoms with van der Waals surface area (Å²) in [5.74, 6) is 0.974. The van der Waals surface area contributed by atoms with E-state index in [0.29, 0.717) is 12.0 Å². The number of hydrogen-bond acceptors (Lipinski definition) is 2. The lowest BCUT2D eigenvalue weighted by atomic mass is 9.80. The second kappa shape index (κ2) is 7.28. The smallest absolute Gasteiger partial charge is 0.223 e. The minimum absolute atomic E-state index is 0.148. The monoisotopic (exact) mass is 300 g/mol. The SMILES string of the molecule is NC1CCC(C(=O)NC2CCCCC2Cc2ccccc2)C1. The van der Waals surface area contributed by atoms with Crippen LogP contribution in [0.2, 0.25) is 0 Å². The van der Waals surface area contributed by atoms with Crippen molar-refractivity contribution in [1.29, 1.82) is 0 Å². The van der Waals surface area contributed by atoms with Crippen molar-refractivity contribution in [1.82, 2.24) is 5.32 Å². The predicted molar refractivity (Wildman–Crippen MR) is 89.4 cm³/mol. The van der Waals surface area contributed by atoms with Crippen molar-refractivity contribution in [2.24, 2.45) is 17.6 Å². The van der Waals surface area contributed by atoms with Gasteiger partial charge < -0.3 is 11.1 Å². The third-order valence-corrected chi connectivity index (χ3v) is 5.42. The lowest BCUT2D eigenvalue weighted by Gasteiger charge is -2.33. The Morgan fingerprint density at radius 1 is 1.09 bits per heavy atom. The van der Waals surface area contributed by atoms with Gasteiger partial charge in [-0.3, -0.25) is 4.79 Å². The largest absolute Gasteiger partial charge is 0.353 e. The maximum Gasteiger partial charge on any atom is 0.223 e. The number of rotatable bonds is 4. The van der Waals surface area contributed by atoms with E-state index in [1.54, 1.807) is 0 Å². The molecule has 0 saturated heterocycles. The highest BCUT2D eigenvalue weighted by atomic mass is 16.1. The number of benzene rings is 1. The highest BCUT2D eigenvalue weighted by Crippen LogP contribution is 2.29. The van der Waals surface area contributed by atoms with E-state index in [1.807, 2.05) is 0 Å². The summed E-state index contributed by atoms with van der Waals surface area (Å²) in [5.41, 5.74) is 7.33. The zero-order valence-electron chi connectivity index (χ0n) is 13.3. The molecule has 22 heavy (non-hydrogen) atoms. The van der Waals surface area contributed by atoms with E-state index < -0.39 is 0 Å². The molecule has 3 nitrogen and oxygen atoms in total. The van der Waals surface area contributed by atoms with Gasteiger partial charge in [0.15, 0.2) is 0 Å². The number of carbonyl (C=O) groups is 1. The van der Waals surface area contributed by atoms with Crippen LogP contribution in [-0.2, 0) is 11.2 Å². The first-order valence-corrected chi connectivity index (χ1v) is 8.82. The van der Waals surface area contributed by atoms with Gasteiger partial charge >= 0.3 is 0 Å². The third-order valence-electron chi connectivity index (χ3n) is 5.42. The summed E-state index contributed by atoms with van der Waals surface area (Å²) >= 11 is 0. The molecule has 0 spiro atoms. The zero-order valence-corrected chi connectivity index (χ0v) is 13.3. The predicted octanol–water partition coefficient (Wildman–Crippen LogP) is 3.03. The Morgan fingerprint density at radius 2 is 1.86 bits per heavy atom. The van der Waals surface area contributed by atoms with E-state index in [2.05, 4.69) is 35.6 Å². The highest BCUT2D eigenvalue weighted by Gasteiger charge is 2.32. The molecule has 3 rings (SSSR count). The van der Waals surface area contributed by atoms with Crippen LogP contribution in [0.25, 0.3) is 0 Å². The van der Waals surface area contributed by atoms with E-state index in [4.69, 9.17) is 5.73 Å². The summed E-state index contributed by atoms with van der Waals surface area (Å²) in [6, 6.07) is 11.2. The Hall–Kier alpha value is -1.35. The van der Waals surface area contributed by atoms with E-state index in [9.17, 15) is 4.79 Å². The van der Waals surface area contributed by atoms with Crippen molar-refractivity contribution in [2.45, 2.75) is 63.5 Å². The topological polar surface area (TPSA) is 55.1 Å². The Morgan fingerprint density at radius 3 is 2.59 bits per heavy atom. The van der Waals surface area contributed by atoms with Gasteiger partial charge in [-0.15, -0.1) is 0 Å². The van der Waals surface area contributed by atoms with Crippen LogP contribution in [0.4, 0.5) is 0 Å². The number of nitrogens with two attached hydrogens (primary N) is 1. The minimum atomic E-state index is 0.148. The van der Waals surface area contributed by atoms with Crippen LogP contribution in [-0.4, -0.2) is 18.0 Å². The Balaban J connectivity index is 1.59. The minimum Gasteiger partial charge on any atom is -0.353 e. The lowest BCUT2D eigenvalue weighted by molar-refractivity contribution is -0.126. The molecule has 0 bridgehead atoms. The number of carbonyl (C=O) groups excluding carboxylic acids is 1. The summed E-state index contributed by atoms with van der Waals surface area (Å²) in [5, 5.41) is 3.36. The summed E-state index contributed by atoms with van der Waals surface area (Å²) in [6.07, 6.45) is 8.78. The van der Waals surface area contributed by atoms with Crippen molar-refractivity contribution in [2.75, 3.05) is 0 Å². The van der Waals surface area contributed by atoms with Crippen LogP contribution < -0.4 is 11.1 Å². The molecular weight excluding hydrogens is 272 g/mol. The molecule has 1 aromatic rings. The van der Waals surface area contributed by atoms with Gasteiger partial charge in [0.2, 0.25) is 5.91 Å². The summed E-state index contributed by atoms with van der Waals surface area (Å²) in [6.45, 7) is 0. The first-order chi connectivity index (χ1) is 10.7. The quantitative estimate of drug-likeness (QED) is 0.898. The fourth-order valence-corrected chi connectivity index (χ4v) is 4.11. The third kappa shape index (κ3) is 3.89. The standard InChI is InChI=1S/C19H28N2O/c20-17-11-10-16(13-17)19(22)21-18-9-5-4-8-15(18)12-14-6-2-1-3-7-14/h1-3,6-7,15-18H,4-5,8-13,20H2,(H,21,22). The molecular formula is C19H28N2O. The molecule has 0 aliphatic heterocycles. The van der Waals surface area contributed by atoms with Gasteiger partial charge in [0.1, 0.15) is 0 Å². The molecule has 2 saturated carbocycles. The van der Waals surface area contributed by atoms with Gasteiger partial charge in [-0.2, -0.15) is 0 Å².